The Morgan fingerprint density at radius 2 is 1.00 bits per heavy atom. The van der Waals surface area contributed by atoms with Gasteiger partial charge in [-0.3, -0.25) is 0 Å². The highest BCUT2D eigenvalue weighted by Crippen LogP contribution is 1.97. The average Bonchev–Trinajstić information content (AvgIpc) is 2.39. The fourth-order valence-electron chi connectivity index (χ4n) is 0.748. The monoisotopic (exact) mass is 352 g/mol. The molecule has 138 valence electrons. The molecule has 0 saturated heterocycles. The average molecular weight is 352 g/mol. The number of nitrogens with zero attached hydrogens (tertiary/aromatic N) is 6. The molecule has 16 heteroatoms. The number of rotatable bonds is 5. The van der Waals surface area contributed by atoms with Crippen LogP contribution in [0.3, 0.4) is 0 Å². The lowest BCUT2D eigenvalue weighted by Gasteiger charge is -1.97. The number of nitrogens with two attached hydrogens (primary N) is 4. The molecule has 0 bridgehead atoms. The lowest BCUT2D eigenvalue weighted by atomic mass is 10.2. The smallest absolute Gasteiger partial charge is 0.291 e. The molecule has 24 heavy (non-hydrogen) atoms. The summed E-state index contributed by atoms with van der Waals surface area (Å²) in [6.45, 7) is 3.64. The Morgan fingerprint density at radius 1 is 0.792 bits per heavy atom. The predicted octanol–water partition coefficient (Wildman–Crippen LogP) is -1.63. The first kappa shape index (κ1) is 25.2. The molecule has 0 aliphatic heterocycles. The van der Waals surface area contributed by atoms with Gasteiger partial charge in [-0.25, -0.2) is 0 Å². The summed E-state index contributed by atoms with van der Waals surface area (Å²) in [5.74, 6) is -0.129. The van der Waals surface area contributed by atoms with Gasteiger partial charge in [-0.15, -0.1) is 30.4 Å². The quantitative estimate of drug-likeness (QED) is 0.142. The molecule has 0 aliphatic rings. The van der Waals surface area contributed by atoms with E-state index in [1.54, 1.807) is 0 Å². The van der Waals surface area contributed by atoms with Gasteiger partial charge < -0.3 is 33.3 Å². The minimum Gasteiger partial charge on any atom is -0.369 e. The fourth-order valence-corrected chi connectivity index (χ4v) is 0.748. The van der Waals surface area contributed by atoms with Crippen molar-refractivity contribution in [2.45, 2.75) is 26.7 Å². The third kappa shape index (κ3) is 42.9. The number of hydrogen-bond donors (Lipinski definition) is 6. The number of hydrogen-bond acceptors (Lipinski definition) is 8. The summed E-state index contributed by atoms with van der Waals surface area (Å²) < 4.78 is 0. The van der Waals surface area contributed by atoms with Crippen molar-refractivity contribution >= 4 is 23.3 Å². The zero-order valence-corrected chi connectivity index (χ0v) is 12.9. The molecule has 0 spiro atoms. The van der Waals surface area contributed by atoms with Gasteiger partial charge in [-0.2, -0.15) is 10.2 Å². The van der Waals surface area contributed by atoms with Gasteiger partial charge in [0.25, 0.3) is 10.2 Å². The molecule has 0 radical (unpaired) electrons. The highest BCUT2D eigenvalue weighted by molar-refractivity contribution is 5.90. The van der Waals surface area contributed by atoms with Crippen LogP contribution in [-0.2, 0) is 0 Å². The van der Waals surface area contributed by atoms with Crippen molar-refractivity contribution in [1.82, 2.24) is 0 Å². The first-order chi connectivity index (χ1) is 10.9. The van der Waals surface area contributed by atoms with E-state index in [1.165, 1.54) is 0 Å². The highest BCUT2D eigenvalue weighted by atomic mass is 16.9. The van der Waals surface area contributed by atoms with Gasteiger partial charge in [0, 0.05) is 11.4 Å². The summed E-state index contributed by atoms with van der Waals surface area (Å²) >= 11 is 0. The summed E-state index contributed by atoms with van der Waals surface area (Å²) in [4.78, 5) is 16.7. The third-order valence-corrected chi connectivity index (χ3v) is 1.52. The van der Waals surface area contributed by atoms with Crippen LogP contribution < -0.4 is 22.9 Å². The first-order valence-corrected chi connectivity index (χ1v) is 5.79. The molecule has 0 amide bonds. The van der Waals surface area contributed by atoms with Crippen molar-refractivity contribution in [3.05, 3.63) is 20.2 Å². The van der Waals surface area contributed by atoms with Crippen molar-refractivity contribution in [2.75, 3.05) is 0 Å². The van der Waals surface area contributed by atoms with E-state index in [0.29, 0.717) is 12.8 Å². The highest BCUT2D eigenvalue weighted by Gasteiger charge is 1.95. The van der Waals surface area contributed by atoms with Crippen LogP contribution in [0.15, 0.2) is 20.4 Å². The Balaban J connectivity index is -0.000000457. The van der Waals surface area contributed by atoms with Gasteiger partial charge in [0.05, 0.1) is 0 Å². The van der Waals surface area contributed by atoms with Crippen molar-refractivity contribution in [2.24, 2.45) is 43.3 Å². The maximum atomic E-state index is 8.36. The largest absolute Gasteiger partial charge is 0.369 e. The lowest BCUT2D eigenvalue weighted by molar-refractivity contribution is -0.742. The van der Waals surface area contributed by atoms with Crippen LogP contribution in [-0.4, -0.2) is 43.9 Å². The molecule has 0 aliphatic carbocycles. The van der Waals surface area contributed by atoms with Crippen molar-refractivity contribution in [3.8, 4) is 0 Å². The second kappa shape index (κ2) is 15.7. The van der Waals surface area contributed by atoms with E-state index in [-0.39, 0.29) is 11.9 Å². The second-order valence-electron chi connectivity index (χ2n) is 3.70. The molecule has 10 N–H and O–H groups in total. The van der Waals surface area contributed by atoms with E-state index in [2.05, 4.69) is 20.4 Å². The van der Waals surface area contributed by atoms with Gasteiger partial charge >= 0.3 is 0 Å². The van der Waals surface area contributed by atoms with Crippen molar-refractivity contribution in [1.29, 1.82) is 0 Å². The van der Waals surface area contributed by atoms with Crippen LogP contribution in [0.5, 0.6) is 0 Å². The van der Waals surface area contributed by atoms with Crippen LogP contribution in [0.1, 0.15) is 26.7 Å². The van der Waals surface area contributed by atoms with Gasteiger partial charge in [0.15, 0.2) is 0 Å². The summed E-state index contributed by atoms with van der Waals surface area (Å²) in [5, 5.41) is 41.9. The lowest BCUT2D eigenvalue weighted by Crippen LogP contribution is -2.22. The van der Waals surface area contributed by atoms with Crippen LogP contribution >= 0.6 is 0 Å². The number of guanidine groups is 2. The topological polar surface area (TPSA) is 280 Å². The van der Waals surface area contributed by atoms with Gasteiger partial charge in [0.1, 0.15) is 0 Å². The molecule has 0 saturated carbocycles. The van der Waals surface area contributed by atoms with E-state index in [9.17, 15) is 0 Å². The van der Waals surface area contributed by atoms with Crippen LogP contribution in [0.4, 0.5) is 0 Å². The zero-order chi connectivity index (χ0) is 19.7. The Labute approximate surface area is 135 Å². The molecule has 0 aromatic rings. The minimum atomic E-state index is -1.50. The molecular weight excluding hydrogens is 332 g/mol. The molecule has 16 nitrogen and oxygen atoms in total. The van der Waals surface area contributed by atoms with Crippen LogP contribution in [0.2, 0.25) is 0 Å². The third-order valence-electron chi connectivity index (χ3n) is 1.52. The van der Waals surface area contributed by atoms with Gasteiger partial charge in [-0.1, -0.05) is 0 Å². The Kier molecular flexibility index (Phi) is 16.5. The predicted molar refractivity (Wildman–Crippen MR) is 84.6 cm³/mol. The standard InChI is InChI=1S/C8H18N8.2HNO3/c1-5(13-15-7(9)10)3-4-6(2)14-16-8(11)12;2*2-1(3)4/h3-4H2,1-2H3,(H4,9,10,15)(H4,11,12,16);2*(H,2,3,4). The maximum absolute atomic E-state index is 8.36. The van der Waals surface area contributed by atoms with E-state index < -0.39 is 10.2 Å². The molecule has 0 heterocycles. The van der Waals surface area contributed by atoms with Crippen LogP contribution in [0.25, 0.3) is 0 Å². The normalized spacial score (nSPS) is 10.1. The van der Waals surface area contributed by atoms with Gasteiger partial charge in [0.2, 0.25) is 11.9 Å². The van der Waals surface area contributed by atoms with Gasteiger partial charge in [-0.05, 0) is 26.7 Å². The van der Waals surface area contributed by atoms with E-state index in [4.69, 9.17) is 53.6 Å². The summed E-state index contributed by atoms with van der Waals surface area (Å²) in [7, 11) is 0. The van der Waals surface area contributed by atoms with E-state index >= 15 is 0 Å². The Hall–Kier alpha value is -3.72. The van der Waals surface area contributed by atoms with Crippen molar-refractivity contribution in [3.63, 3.8) is 0 Å². The summed E-state index contributed by atoms with van der Waals surface area (Å²) in [6.07, 6.45) is 1.37. The Morgan fingerprint density at radius 3 is 1.17 bits per heavy atom. The molecule has 0 atom stereocenters. The Bertz CT molecular complexity index is 451. The molecule has 0 unspecified atom stereocenters. The first-order valence-electron chi connectivity index (χ1n) is 5.79. The fraction of sp³-hybridized carbons (Fsp3) is 0.500. The summed E-state index contributed by atoms with van der Waals surface area (Å²) in [5.41, 5.74) is 22.1. The van der Waals surface area contributed by atoms with E-state index in [0.717, 1.165) is 11.4 Å². The SMILES string of the molecule is CC(CCC(C)=NN=C(N)N)=NN=C(N)N.O=[N+]([O-])O.O=[N+]([O-])O. The minimum absolute atomic E-state index is 0.0646. The van der Waals surface area contributed by atoms with E-state index in [1.807, 2.05) is 13.8 Å². The van der Waals surface area contributed by atoms with Crippen molar-refractivity contribution < 1.29 is 20.6 Å². The maximum Gasteiger partial charge on any atom is 0.291 e. The second-order valence-corrected chi connectivity index (χ2v) is 3.70. The molecular formula is C8H20N10O6. The zero-order valence-electron chi connectivity index (χ0n) is 12.9. The molecule has 0 aromatic carbocycles. The molecule has 0 fully saturated rings. The molecule has 0 rings (SSSR count). The molecule has 0 aromatic heterocycles. The van der Waals surface area contributed by atoms with Crippen LogP contribution in [0, 0.1) is 20.2 Å². The summed E-state index contributed by atoms with van der Waals surface area (Å²) in [6, 6.07) is 0.